The molecule has 0 heterocycles. The highest BCUT2D eigenvalue weighted by molar-refractivity contribution is 6.44. The van der Waals surface area contributed by atoms with Crippen molar-refractivity contribution in [3.63, 3.8) is 0 Å². The van der Waals surface area contributed by atoms with E-state index in [9.17, 15) is 4.79 Å². The predicted octanol–water partition coefficient (Wildman–Crippen LogP) is 4.32. The molecule has 0 aromatic heterocycles. The highest BCUT2D eigenvalue weighted by Crippen LogP contribution is 2.31. The summed E-state index contributed by atoms with van der Waals surface area (Å²) >= 11 is 18.2. The first-order valence-corrected chi connectivity index (χ1v) is 7.49. The van der Waals surface area contributed by atoms with Crippen molar-refractivity contribution < 1.29 is 9.53 Å². The van der Waals surface area contributed by atoms with E-state index in [-0.39, 0.29) is 11.9 Å². The molecule has 0 spiro atoms. The van der Waals surface area contributed by atoms with E-state index in [1.165, 1.54) is 7.11 Å². The monoisotopic (exact) mass is 337 g/mol. The molecule has 112 valence electrons. The van der Waals surface area contributed by atoms with Crippen molar-refractivity contribution in [3.05, 3.63) is 32.8 Å². The lowest BCUT2D eigenvalue weighted by Gasteiger charge is -2.22. The molecule has 0 amide bonds. The molecular weight excluding hydrogens is 321 g/mol. The summed E-state index contributed by atoms with van der Waals surface area (Å²) in [5, 5.41) is 4.50. The van der Waals surface area contributed by atoms with Crippen molar-refractivity contribution >= 4 is 40.8 Å². The molecule has 1 aromatic rings. The molecule has 3 nitrogen and oxygen atoms in total. The largest absolute Gasteiger partial charge is 0.468 e. The summed E-state index contributed by atoms with van der Waals surface area (Å²) < 4.78 is 4.81. The molecule has 1 N–H and O–H groups in total. The van der Waals surface area contributed by atoms with Crippen molar-refractivity contribution in [2.24, 2.45) is 5.92 Å². The van der Waals surface area contributed by atoms with Crippen LogP contribution in [0.3, 0.4) is 0 Å². The highest BCUT2D eigenvalue weighted by atomic mass is 35.5. The molecule has 6 heteroatoms. The fourth-order valence-corrected chi connectivity index (χ4v) is 2.50. The number of benzene rings is 1. The van der Waals surface area contributed by atoms with Gasteiger partial charge in [-0.2, -0.15) is 0 Å². The van der Waals surface area contributed by atoms with Gasteiger partial charge in [-0.25, -0.2) is 0 Å². The van der Waals surface area contributed by atoms with E-state index in [1.807, 2.05) is 13.8 Å². The van der Waals surface area contributed by atoms with Gasteiger partial charge in [0.05, 0.1) is 17.2 Å². The summed E-state index contributed by atoms with van der Waals surface area (Å²) in [7, 11) is 1.37. The van der Waals surface area contributed by atoms with Gasteiger partial charge in [-0.15, -0.1) is 0 Å². The molecule has 1 rings (SSSR count). The van der Waals surface area contributed by atoms with Gasteiger partial charge in [0.25, 0.3) is 0 Å². The van der Waals surface area contributed by atoms with Crippen LogP contribution >= 0.6 is 34.8 Å². The van der Waals surface area contributed by atoms with Crippen molar-refractivity contribution in [2.45, 2.75) is 32.9 Å². The Bertz CT molecular complexity index is 480. The number of hydrogen-bond donors (Lipinski definition) is 1. The lowest BCUT2D eigenvalue weighted by Crippen LogP contribution is -2.42. The Hall–Kier alpha value is -0.480. The van der Waals surface area contributed by atoms with Gasteiger partial charge in [0.1, 0.15) is 6.04 Å². The minimum Gasteiger partial charge on any atom is -0.468 e. The molecule has 2 atom stereocenters. The number of methoxy groups -OCH3 is 1. The van der Waals surface area contributed by atoms with Crippen molar-refractivity contribution in [1.29, 1.82) is 0 Å². The minimum absolute atomic E-state index is 0.138. The van der Waals surface area contributed by atoms with Gasteiger partial charge in [-0.3, -0.25) is 10.1 Å². The Morgan fingerprint density at radius 2 is 1.90 bits per heavy atom. The molecule has 0 fully saturated rings. The van der Waals surface area contributed by atoms with Crippen LogP contribution in [0.5, 0.6) is 0 Å². The Morgan fingerprint density at radius 1 is 1.30 bits per heavy atom. The molecule has 0 aliphatic carbocycles. The Labute approximate surface area is 134 Å². The Balaban J connectivity index is 2.88. The second-order valence-electron chi connectivity index (χ2n) is 4.59. The van der Waals surface area contributed by atoms with Crippen LogP contribution in [-0.4, -0.2) is 19.1 Å². The summed E-state index contributed by atoms with van der Waals surface area (Å²) in [4.78, 5) is 11.8. The summed E-state index contributed by atoms with van der Waals surface area (Å²) in [6.45, 7) is 4.35. The molecule has 0 bridgehead atoms. The third-order valence-electron chi connectivity index (χ3n) is 3.31. The normalized spacial score (nSPS) is 13.9. The first kappa shape index (κ1) is 17.6. The molecule has 0 saturated heterocycles. The summed E-state index contributed by atoms with van der Waals surface area (Å²) in [5.74, 6) is -0.159. The number of nitrogens with one attached hydrogen (secondary N) is 1. The third kappa shape index (κ3) is 4.26. The van der Waals surface area contributed by atoms with E-state index in [0.717, 1.165) is 6.42 Å². The number of ether oxygens (including phenoxy) is 1. The minimum atomic E-state index is -0.406. The fraction of sp³-hybridized carbons (Fsp3) is 0.500. The van der Waals surface area contributed by atoms with E-state index >= 15 is 0 Å². The summed E-state index contributed by atoms with van der Waals surface area (Å²) in [6, 6.07) is 2.92. The first-order chi connectivity index (χ1) is 9.42. The molecule has 0 aliphatic rings. The van der Waals surface area contributed by atoms with Crippen LogP contribution in [0.2, 0.25) is 15.1 Å². The van der Waals surface area contributed by atoms with Crippen LogP contribution in [-0.2, 0) is 16.1 Å². The summed E-state index contributed by atoms with van der Waals surface area (Å²) in [5.41, 5.74) is 0.679. The van der Waals surface area contributed by atoms with Crippen LogP contribution in [0.4, 0.5) is 0 Å². The SMILES string of the molecule is CCC(C)C(NCc1c(Cl)ccc(Cl)c1Cl)C(=O)OC. The van der Waals surface area contributed by atoms with Gasteiger partial charge in [-0.1, -0.05) is 55.1 Å². The van der Waals surface area contributed by atoms with Crippen molar-refractivity contribution in [3.8, 4) is 0 Å². The van der Waals surface area contributed by atoms with Gasteiger partial charge in [0.15, 0.2) is 0 Å². The zero-order chi connectivity index (χ0) is 15.3. The number of esters is 1. The smallest absolute Gasteiger partial charge is 0.323 e. The van der Waals surface area contributed by atoms with Crippen LogP contribution in [0.25, 0.3) is 0 Å². The van der Waals surface area contributed by atoms with Gasteiger partial charge < -0.3 is 4.74 Å². The van der Waals surface area contributed by atoms with E-state index in [2.05, 4.69) is 5.32 Å². The lowest BCUT2D eigenvalue weighted by atomic mass is 9.99. The molecule has 2 unspecified atom stereocenters. The summed E-state index contributed by atoms with van der Waals surface area (Å²) in [6.07, 6.45) is 0.851. The van der Waals surface area contributed by atoms with Gasteiger partial charge in [0, 0.05) is 17.1 Å². The molecular formula is C14H18Cl3NO2. The fourth-order valence-electron chi connectivity index (χ4n) is 1.82. The van der Waals surface area contributed by atoms with Crippen LogP contribution in [0.15, 0.2) is 12.1 Å². The number of halogens is 3. The van der Waals surface area contributed by atoms with E-state index in [1.54, 1.807) is 12.1 Å². The predicted molar refractivity (Wildman–Crippen MR) is 83.6 cm³/mol. The number of carbonyl (C=O) groups is 1. The van der Waals surface area contributed by atoms with E-state index in [4.69, 9.17) is 39.5 Å². The molecule has 20 heavy (non-hydrogen) atoms. The zero-order valence-corrected chi connectivity index (χ0v) is 13.9. The molecule has 0 saturated carbocycles. The van der Waals surface area contributed by atoms with Gasteiger partial charge >= 0.3 is 5.97 Å². The van der Waals surface area contributed by atoms with Crippen molar-refractivity contribution in [2.75, 3.05) is 7.11 Å². The van der Waals surface area contributed by atoms with Crippen LogP contribution in [0.1, 0.15) is 25.8 Å². The maximum absolute atomic E-state index is 11.8. The highest BCUT2D eigenvalue weighted by Gasteiger charge is 2.25. The van der Waals surface area contributed by atoms with Crippen LogP contribution in [0, 0.1) is 5.92 Å². The second kappa shape index (κ2) is 8.08. The zero-order valence-electron chi connectivity index (χ0n) is 11.7. The maximum atomic E-state index is 11.8. The van der Waals surface area contributed by atoms with Crippen LogP contribution < -0.4 is 5.32 Å². The Kier molecular flexibility index (Phi) is 7.10. The van der Waals surface area contributed by atoms with E-state index in [0.29, 0.717) is 27.2 Å². The second-order valence-corrected chi connectivity index (χ2v) is 5.78. The van der Waals surface area contributed by atoms with Crippen molar-refractivity contribution in [1.82, 2.24) is 5.32 Å². The average Bonchev–Trinajstić information content (AvgIpc) is 2.45. The quantitative estimate of drug-likeness (QED) is 0.620. The number of rotatable bonds is 6. The molecule has 0 radical (unpaired) electrons. The topological polar surface area (TPSA) is 38.3 Å². The number of hydrogen-bond acceptors (Lipinski definition) is 3. The molecule has 1 aromatic carbocycles. The first-order valence-electron chi connectivity index (χ1n) is 6.35. The van der Waals surface area contributed by atoms with Gasteiger partial charge in [-0.05, 0) is 18.1 Å². The van der Waals surface area contributed by atoms with Gasteiger partial charge in [0.2, 0.25) is 0 Å². The Morgan fingerprint density at radius 3 is 2.45 bits per heavy atom. The maximum Gasteiger partial charge on any atom is 0.323 e. The average molecular weight is 339 g/mol. The van der Waals surface area contributed by atoms with E-state index < -0.39 is 6.04 Å². The number of carbonyl (C=O) groups excluding carboxylic acids is 1. The molecule has 0 aliphatic heterocycles. The third-order valence-corrected chi connectivity index (χ3v) is 4.50. The standard InChI is InChI=1S/C14H18Cl3NO2/c1-4-8(2)13(14(19)20-3)18-7-9-10(15)5-6-11(16)12(9)17/h5-6,8,13,18H,4,7H2,1-3H3. The lowest BCUT2D eigenvalue weighted by molar-refractivity contribution is -0.144.